The Kier molecular flexibility index (Phi) is 2.24. The van der Waals surface area contributed by atoms with Crippen LogP contribution >= 0.6 is 27.3 Å². The highest BCUT2D eigenvalue weighted by atomic mass is 79.9. The van der Waals surface area contributed by atoms with Crippen molar-refractivity contribution in [2.75, 3.05) is 0 Å². The Bertz CT molecular complexity index is 525. The van der Waals surface area contributed by atoms with Crippen LogP contribution < -0.4 is 0 Å². The minimum atomic E-state index is -0.499. The molecule has 1 aromatic heterocycles. The van der Waals surface area contributed by atoms with E-state index in [1.807, 2.05) is 0 Å². The van der Waals surface area contributed by atoms with E-state index in [-0.39, 0.29) is 10.8 Å². The van der Waals surface area contributed by atoms with Crippen molar-refractivity contribution >= 4 is 43.0 Å². The molecule has 0 fully saturated rings. The number of non-ortho nitro benzene ring substituents is 1. The molecular formula is C8H3BrFNO2S. The molecule has 0 unspecified atom stereocenters. The van der Waals surface area contributed by atoms with E-state index < -0.39 is 4.92 Å². The molecule has 0 aliphatic carbocycles. The average molecular weight is 276 g/mol. The Balaban J connectivity index is 2.76. The molecule has 2 rings (SSSR count). The van der Waals surface area contributed by atoms with Crippen molar-refractivity contribution in [3.05, 3.63) is 37.9 Å². The second-order valence-electron chi connectivity index (χ2n) is 2.63. The van der Waals surface area contributed by atoms with E-state index >= 15 is 0 Å². The van der Waals surface area contributed by atoms with Crippen LogP contribution in [0.4, 0.5) is 10.1 Å². The summed E-state index contributed by atoms with van der Waals surface area (Å²) < 4.78 is 14.1. The molecule has 0 spiro atoms. The molecule has 3 nitrogen and oxygen atoms in total. The van der Waals surface area contributed by atoms with E-state index in [0.29, 0.717) is 14.6 Å². The third-order valence-corrected chi connectivity index (χ3v) is 3.78. The SMILES string of the molecule is O=[N+]([O-])c1ccc2sc(F)c(Br)c2c1. The van der Waals surface area contributed by atoms with Gasteiger partial charge in [0.25, 0.3) is 5.69 Å². The van der Waals surface area contributed by atoms with E-state index in [1.54, 1.807) is 6.07 Å². The van der Waals surface area contributed by atoms with Gasteiger partial charge in [0.15, 0.2) is 5.13 Å². The third kappa shape index (κ3) is 1.40. The summed E-state index contributed by atoms with van der Waals surface area (Å²) in [6, 6.07) is 4.27. The number of benzene rings is 1. The van der Waals surface area contributed by atoms with Gasteiger partial charge in [0.2, 0.25) is 0 Å². The summed E-state index contributed by atoms with van der Waals surface area (Å²) >= 11 is 4.01. The number of nitro groups is 1. The first-order valence-corrected chi connectivity index (χ1v) is 5.22. The van der Waals surface area contributed by atoms with Crippen molar-refractivity contribution in [2.45, 2.75) is 0 Å². The summed E-state index contributed by atoms with van der Waals surface area (Å²) in [7, 11) is 0. The van der Waals surface area contributed by atoms with E-state index in [9.17, 15) is 14.5 Å². The van der Waals surface area contributed by atoms with Gasteiger partial charge in [-0.1, -0.05) is 0 Å². The number of hydrogen-bond donors (Lipinski definition) is 0. The molecule has 0 saturated heterocycles. The highest BCUT2D eigenvalue weighted by molar-refractivity contribution is 9.10. The van der Waals surface area contributed by atoms with Crippen LogP contribution in [0.25, 0.3) is 10.1 Å². The van der Waals surface area contributed by atoms with Gasteiger partial charge in [0.05, 0.1) is 9.40 Å². The first-order valence-electron chi connectivity index (χ1n) is 3.61. The predicted molar refractivity (Wildman–Crippen MR) is 56.1 cm³/mol. The fourth-order valence-corrected chi connectivity index (χ4v) is 2.64. The van der Waals surface area contributed by atoms with Crippen molar-refractivity contribution < 1.29 is 9.31 Å². The van der Waals surface area contributed by atoms with Crippen LogP contribution in [-0.2, 0) is 0 Å². The van der Waals surface area contributed by atoms with Crippen molar-refractivity contribution in [1.29, 1.82) is 0 Å². The maximum atomic E-state index is 13.1. The van der Waals surface area contributed by atoms with Crippen LogP contribution in [-0.4, -0.2) is 4.92 Å². The zero-order valence-electron chi connectivity index (χ0n) is 6.66. The van der Waals surface area contributed by atoms with Crippen molar-refractivity contribution in [3.8, 4) is 0 Å². The highest BCUT2D eigenvalue weighted by Gasteiger charge is 2.13. The summed E-state index contributed by atoms with van der Waals surface area (Å²) in [5.41, 5.74) is -0.0315. The van der Waals surface area contributed by atoms with Gasteiger partial charge in [-0.3, -0.25) is 10.1 Å². The molecule has 1 aromatic carbocycles. The van der Waals surface area contributed by atoms with Gasteiger partial charge in [-0.2, -0.15) is 4.39 Å². The maximum absolute atomic E-state index is 13.1. The monoisotopic (exact) mass is 275 g/mol. The van der Waals surface area contributed by atoms with Crippen LogP contribution in [0, 0.1) is 15.2 Å². The Hall–Kier alpha value is -1.01. The smallest absolute Gasteiger partial charge is 0.258 e. The van der Waals surface area contributed by atoms with Crippen molar-refractivity contribution in [1.82, 2.24) is 0 Å². The lowest BCUT2D eigenvalue weighted by Gasteiger charge is -1.91. The number of thiophene rings is 1. The third-order valence-electron chi connectivity index (χ3n) is 1.78. The van der Waals surface area contributed by atoms with Crippen LogP contribution in [0.1, 0.15) is 0 Å². The van der Waals surface area contributed by atoms with Crippen LogP contribution in [0.3, 0.4) is 0 Å². The van der Waals surface area contributed by atoms with Gasteiger partial charge >= 0.3 is 0 Å². The lowest BCUT2D eigenvalue weighted by Crippen LogP contribution is -1.85. The topological polar surface area (TPSA) is 43.1 Å². The van der Waals surface area contributed by atoms with Gasteiger partial charge in [-0.15, -0.1) is 11.3 Å². The summed E-state index contributed by atoms with van der Waals surface area (Å²) in [5, 5.41) is 10.6. The van der Waals surface area contributed by atoms with Crippen LogP contribution in [0.2, 0.25) is 0 Å². The lowest BCUT2D eigenvalue weighted by atomic mass is 10.2. The zero-order valence-corrected chi connectivity index (χ0v) is 9.06. The lowest BCUT2D eigenvalue weighted by molar-refractivity contribution is -0.384. The Labute approximate surface area is 90.4 Å². The predicted octanol–water partition coefficient (Wildman–Crippen LogP) is 3.71. The quantitative estimate of drug-likeness (QED) is 0.588. The standard InChI is InChI=1S/C8H3BrFNO2S/c9-7-5-3-4(11(12)13)1-2-6(5)14-8(7)10/h1-3H. The van der Waals surface area contributed by atoms with Crippen LogP contribution in [0.5, 0.6) is 0 Å². The van der Waals surface area contributed by atoms with Gasteiger partial charge in [0.1, 0.15) is 0 Å². The maximum Gasteiger partial charge on any atom is 0.270 e. The molecule has 72 valence electrons. The second-order valence-corrected chi connectivity index (χ2v) is 4.42. The molecule has 0 atom stereocenters. The fourth-order valence-electron chi connectivity index (χ4n) is 1.14. The molecule has 0 saturated carbocycles. The summed E-state index contributed by atoms with van der Waals surface area (Å²) in [5.74, 6) is 0. The first kappa shape index (κ1) is 9.54. The number of nitro benzene ring substituents is 1. The van der Waals surface area contributed by atoms with E-state index in [2.05, 4.69) is 15.9 Å². The molecule has 14 heavy (non-hydrogen) atoms. The minimum Gasteiger partial charge on any atom is -0.258 e. The largest absolute Gasteiger partial charge is 0.270 e. The summed E-state index contributed by atoms with van der Waals surface area (Å²) in [4.78, 5) is 9.96. The Morgan fingerprint density at radius 3 is 2.86 bits per heavy atom. The molecule has 1 heterocycles. The Morgan fingerprint density at radius 2 is 2.21 bits per heavy atom. The highest BCUT2D eigenvalue weighted by Crippen LogP contribution is 2.35. The van der Waals surface area contributed by atoms with Crippen molar-refractivity contribution in [3.63, 3.8) is 0 Å². The Morgan fingerprint density at radius 1 is 1.50 bits per heavy atom. The minimum absolute atomic E-state index is 0.0315. The molecule has 0 amide bonds. The molecular weight excluding hydrogens is 273 g/mol. The second kappa shape index (κ2) is 3.29. The zero-order chi connectivity index (χ0) is 10.3. The van der Waals surface area contributed by atoms with Gasteiger partial charge < -0.3 is 0 Å². The molecule has 0 N–H and O–H groups in total. The number of nitrogens with zero attached hydrogens (tertiary/aromatic N) is 1. The van der Waals surface area contributed by atoms with Gasteiger partial charge in [-0.25, -0.2) is 0 Å². The van der Waals surface area contributed by atoms with E-state index in [1.165, 1.54) is 12.1 Å². The number of fused-ring (bicyclic) bond motifs is 1. The molecule has 0 bridgehead atoms. The van der Waals surface area contributed by atoms with E-state index in [4.69, 9.17) is 0 Å². The fraction of sp³-hybridized carbons (Fsp3) is 0. The molecule has 2 aromatic rings. The first-order chi connectivity index (χ1) is 6.59. The number of rotatable bonds is 1. The normalized spacial score (nSPS) is 10.7. The number of hydrogen-bond acceptors (Lipinski definition) is 3. The van der Waals surface area contributed by atoms with Crippen LogP contribution in [0.15, 0.2) is 22.7 Å². The molecule has 0 aliphatic rings. The summed E-state index contributed by atoms with van der Waals surface area (Å²) in [6.07, 6.45) is 0. The molecule has 6 heteroatoms. The molecule has 0 radical (unpaired) electrons. The van der Waals surface area contributed by atoms with Crippen molar-refractivity contribution in [2.24, 2.45) is 0 Å². The summed E-state index contributed by atoms with van der Waals surface area (Å²) in [6.45, 7) is 0. The van der Waals surface area contributed by atoms with Gasteiger partial charge in [-0.05, 0) is 22.0 Å². The molecule has 0 aliphatic heterocycles. The van der Waals surface area contributed by atoms with Gasteiger partial charge in [0, 0.05) is 22.2 Å². The van der Waals surface area contributed by atoms with E-state index in [0.717, 1.165) is 11.3 Å². The average Bonchev–Trinajstić information content (AvgIpc) is 2.43. The number of halogens is 2.